The summed E-state index contributed by atoms with van der Waals surface area (Å²) >= 11 is 12.5. The van der Waals surface area contributed by atoms with Gasteiger partial charge in [0.05, 0.1) is 16.3 Å². The van der Waals surface area contributed by atoms with Gasteiger partial charge < -0.3 is 4.57 Å². The molecule has 2 aliphatic rings. The molecule has 1 amide bonds. The normalized spacial score (nSPS) is 17.9. The number of benzene rings is 1. The highest BCUT2D eigenvalue weighted by Crippen LogP contribution is 2.36. The number of amides is 1. The van der Waals surface area contributed by atoms with E-state index in [-0.39, 0.29) is 22.5 Å². The minimum Gasteiger partial charge on any atom is -0.316 e. The third-order valence-electron chi connectivity index (χ3n) is 4.62. The lowest BCUT2D eigenvalue weighted by Crippen LogP contribution is -2.35. The Hall–Kier alpha value is -2.56. The number of aromatic nitrogens is 1. The van der Waals surface area contributed by atoms with Gasteiger partial charge in [-0.15, -0.1) is 0 Å². The van der Waals surface area contributed by atoms with Gasteiger partial charge in [0.15, 0.2) is 5.84 Å². The minimum absolute atomic E-state index is 0.168. The zero-order valence-corrected chi connectivity index (χ0v) is 18.2. The molecule has 3 heterocycles. The van der Waals surface area contributed by atoms with Crippen molar-refractivity contribution in [2.75, 3.05) is 0 Å². The fraction of sp³-hybridized carbons (Fsp3) is 0.158. The Kier molecular flexibility index (Phi) is 5.27. The summed E-state index contributed by atoms with van der Waals surface area (Å²) in [5, 5.41) is 11.8. The molecule has 160 valence electrons. The second-order valence-electron chi connectivity index (χ2n) is 6.68. The van der Waals surface area contributed by atoms with Crippen LogP contribution in [0.15, 0.2) is 39.9 Å². The first-order chi connectivity index (χ1) is 14.5. The van der Waals surface area contributed by atoms with Crippen molar-refractivity contribution >= 4 is 63.0 Å². The van der Waals surface area contributed by atoms with E-state index in [1.54, 1.807) is 31.2 Å². The first kappa shape index (κ1) is 21.7. The molecular formula is C19H12Cl2F3N5OS. The molecular weight excluding hydrogens is 474 g/mol. The van der Waals surface area contributed by atoms with Crippen LogP contribution in [0.5, 0.6) is 0 Å². The van der Waals surface area contributed by atoms with Crippen molar-refractivity contribution in [1.29, 1.82) is 5.41 Å². The number of thioether (sulfide) groups is 1. The maximum atomic E-state index is 13.0. The van der Waals surface area contributed by atoms with Crippen LogP contribution in [0.2, 0.25) is 10.0 Å². The summed E-state index contributed by atoms with van der Waals surface area (Å²) in [5.41, 5.74) is 2.59. The summed E-state index contributed by atoms with van der Waals surface area (Å²) < 4.78 is 40.7. The Bertz CT molecular complexity index is 1250. The number of carbonyl (C=O) groups excluding carboxylic acids is 1. The molecule has 1 aromatic heterocycles. The van der Waals surface area contributed by atoms with Crippen LogP contribution in [-0.2, 0) is 4.79 Å². The van der Waals surface area contributed by atoms with Crippen LogP contribution in [0.3, 0.4) is 0 Å². The molecule has 1 aromatic carbocycles. The van der Waals surface area contributed by atoms with Crippen molar-refractivity contribution in [1.82, 2.24) is 9.58 Å². The van der Waals surface area contributed by atoms with Crippen molar-refractivity contribution in [3.8, 4) is 5.69 Å². The molecule has 6 nitrogen and oxygen atoms in total. The summed E-state index contributed by atoms with van der Waals surface area (Å²) in [6.07, 6.45) is -3.28. The summed E-state index contributed by atoms with van der Waals surface area (Å²) in [7, 11) is 0. The van der Waals surface area contributed by atoms with Crippen LogP contribution in [0.25, 0.3) is 11.8 Å². The summed E-state index contributed by atoms with van der Waals surface area (Å²) in [6, 6.07) is 6.82. The zero-order valence-electron chi connectivity index (χ0n) is 15.9. The third kappa shape index (κ3) is 3.79. The number of hydrogen-bond donors (Lipinski definition) is 1. The highest BCUT2D eigenvalue weighted by atomic mass is 35.5. The van der Waals surface area contributed by atoms with Gasteiger partial charge in [-0.25, -0.2) is 0 Å². The van der Waals surface area contributed by atoms with E-state index in [9.17, 15) is 18.0 Å². The molecule has 0 fully saturated rings. The molecule has 0 bridgehead atoms. The first-order valence-corrected chi connectivity index (χ1v) is 10.3. The lowest BCUT2D eigenvalue weighted by atomic mass is 10.1. The zero-order chi connectivity index (χ0) is 22.7. The fourth-order valence-electron chi connectivity index (χ4n) is 3.23. The Morgan fingerprint density at radius 2 is 1.90 bits per heavy atom. The van der Waals surface area contributed by atoms with E-state index < -0.39 is 23.0 Å². The Labute approximate surface area is 188 Å². The summed E-state index contributed by atoms with van der Waals surface area (Å²) in [6.45, 7) is 3.63. The average Bonchev–Trinajstić information content (AvgIpc) is 3.21. The predicted molar refractivity (Wildman–Crippen MR) is 116 cm³/mol. The lowest BCUT2D eigenvalue weighted by Gasteiger charge is -2.20. The van der Waals surface area contributed by atoms with Crippen molar-refractivity contribution in [2.45, 2.75) is 20.0 Å². The van der Waals surface area contributed by atoms with Crippen molar-refractivity contribution in [3.63, 3.8) is 0 Å². The molecule has 0 radical (unpaired) electrons. The number of amidine groups is 2. The van der Waals surface area contributed by atoms with Gasteiger partial charge in [0.1, 0.15) is 0 Å². The van der Waals surface area contributed by atoms with Gasteiger partial charge in [-0.1, -0.05) is 23.2 Å². The smallest absolute Gasteiger partial charge is 0.316 e. The van der Waals surface area contributed by atoms with E-state index in [1.165, 1.54) is 6.08 Å². The lowest BCUT2D eigenvalue weighted by molar-refractivity contribution is -0.114. The van der Waals surface area contributed by atoms with Crippen molar-refractivity contribution in [3.05, 3.63) is 56.8 Å². The molecule has 0 saturated heterocycles. The molecule has 1 N–H and O–H groups in total. The van der Waals surface area contributed by atoms with Crippen LogP contribution in [0, 0.1) is 19.3 Å². The highest BCUT2D eigenvalue weighted by molar-refractivity contribution is 8.27. The molecule has 0 spiro atoms. The van der Waals surface area contributed by atoms with Gasteiger partial charge in [-0.3, -0.25) is 10.2 Å². The monoisotopic (exact) mass is 485 g/mol. The van der Waals surface area contributed by atoms with E-state index in [0.717, 1.165) is 10.7 Å². The largest absolute Gasteiger partial charge is 0.441 e. The van der Waals surface area contributed by atoms with Gasteiger partial charge in [0.2, 0.25) is 10.2 Å². The minimum atomic E-state index is -4.69. The number of carbonyl (C=O) groups is 1. The number of aryl methyl sites for hydroxylation is 1. The van der Waals surface area contributed by atoms with Crippen LogP contribution < -0.4 is 0 Å². The molecule has 31 heavy (non-hydrogen) atoms. The number of rotatable bonds is 2. The van der Waals surface area contributed by atoms with E-state index >= 15 is 0 Å². The van der Waals surface area contributed by atoms with Crippen molar-refractivity contribution in [2.24, 2.45) is 10.1 Å². The highest BCUT2D eigenvalue weighted by Gasteiger charge is 2.46. The standard InChI is InChI=1S/C19H12Cl2F3N5OS/c1-8-5-10(9(2)28(8)14-4-3-11(20)7-13(14)21)6-12-15(25)29-18(26-16(12)30)31-17(27-29)19(22,23)24/h3-7,25H,1-2H3/b12-6+,25-15?. The molecule has 4 rings (SSSR count). The molecule has 0 saturated carbocycles. The number of nitrogens with zero attached hydrogens (tertiary/aromatic N) is 4. The molecule has 0 aliphatic carbocycles. The Morgan fingerprint density at radius 1 is 1.19 bits per heavy atom. The number of hydrogen-bond acceptors (Lipinski definition) is 4. The molecule has 12 heteroatoms. The van der Waals surface area contributed by atoms with Crippen LogP contribution in [-0.4, -0.2) is 37.7 Å². The third-order valence-corrected chi connectivity index (χ3v) is 6.11. The van der Waals surface area contributed by atoms with Crippen LogP contribution in [0.1, 0.15) is 17.0 Å². The number of aliphatic imine (C=N–C) groups is 1. The maximum absolute atomic E-state index is 13.0. The number of hydrazone groups is 1. The van der Waals surface area contributed by atoms with Gasteiger partial charge in [0.25, 0.3) is 5.91 Å². The Morgan fingerprint density at radius 3 is 2.55 bits per heavy atom. The molecule has 0 atom stereocenters. The first-order valence-electron chi connectivity index (χ1n) is 8.69. The van der Waals surface area contributed by atoms with E-state index in [2.05, 4.69) is 10.1 Å². The predicted octanol–water partition coefficient (Wildman–Crippen LogP) is 5.58. The molecule has 2 aliphatic heterocycles. The van der Waals surface area contributed by atoms with Crippen molar-refractivity contribution < 1.29 is 18.0 Å². The number of fused-ring (bicyclic) bond motifs is 1. The van der Waals surface area contributed by atoms with Gasteiger partial charge in [-0.2, -0.15) is 28.3 Å². The average molecular weight is 486 g/mol. The van der Waals surface area contributed by atoms with Gasteiger partial charge in [-0.05, 0) is 61.5 Å². The van der Waals surface area contributed by atoms with E-state index in [0.29, 0.717) is 27.0 Å². The van der Waals surface area contributed by atoms with Crippen LogP contribution in [0.4, 0.5) is 13.2 Å². The summed E-state index contributed by atoms with van der Waals surface area (Å²) in [5.74, 6) is -1.28. The van der Waals surface area contributed by atoms with E-state index in [1.807, 2.05) is 11.5 Å². The number of nitrogens with one attached hydrogen (secondary N) is 1. The second kappa shape index (κ2) is 7.54. The maximum Gasteiger partial charge on any atom is 0.441 e. The molecule has 2 aromatic rings. The molecule has 0 unspecified atom stereocenters. The quantitative estimate of drug-likeness (QED) is 0.564. The summed E-state index contributed by atoms with van der Waals surface area (Å²) in [4.78, 5) is 16.1. The SMILES string of the molecule is Cc1cc(/C=C2\C(=N)N3N=C(C(F)(F)F)SC3=NC2=O)c(C)n1-c1ccc(Cl)cc1Cl. The fourth-order valence-corrected chi connectivity index (χ4v) is 4.48. The number of halogens is 5. The van der Waals surface area contributed by atoms with Gasteiger partial charge >= 0.3 is 6.18 Å². The van der Waals surface area contributed by atoms with Gasteiger partial charge in [0, 0.05) is 16.4 Å². The number of alkyl halides is 3. The topological polar surface area (TPSA) is 73.8 Å². The van der Waals surface area contributed by atoms with E-state index in [4.69, 9.17) is 28.6 Å². The Balaban J connectivity index is 1.76. The second-order valence-corrected chi connectivity index (χ2v) is 8.48. The van der Waals surface area contributed by atoms with Crippen LogP contribution >= 0.6 is 35.0 Å².